The van der Waals surface area contributed by atoms with Crippen molar-refractivity contribution in [2.24, 2.45) is 7.05 Å². The number of aromatic nitrogens is 2. The molecule has 0 fully saturated rings. The number of hydrogen-bond donors (Lipinski definition) is 1. The largest absolute Gasteiger partial charge is 0.399 e. The number of nitrogens with zero attached hydrogens (tertiary/aromatic N) is 3. The predicted molar refractivity (Wildman–Crippen MR) is 74.1 cm³/mol. The van der Waals surface area contributed by atoms with Gasteiger partial charge in [0.1, 0.15) is 5.82 Å². The summed E-state index contributed by atoms with van der Waals surface area (Å²) >= 11 is 0. The van der Waals surface area contributed by atoms with Gasteiger partial charge in [-0.2, -0.15) is 0 Å². The maximum absolute atomic E-state index is 5.77. The molecule has 0 amide bonds. The molecule has 2 rings (SSSR count). The van der Waals surface area contributed by atoms with E-state index in [1.807, 2.05) is 37.6 Å². The molecule has 0 aliphatic rings. The van der Waals surface area contributed by atoms with Gasteiger partial charge in [-0.05, 0) is 31.2 Å². The second-order valence-corrected chi connectivity index (χ2v) is 4.69. The number of benzene rings is 1. The lowest BCUT2D eigenvalue weighted by Crippen LogP contribution is -2.22. The molecule has 1 heterocycles. The first-order valence-electron chi connectivity index (χ1n) is 6.14. The number of nitrogen functional groups attached to an aromatic ring is 1. The number of anilines is 1. The van der Waals surface area contributed by atoms with Crippen molar-refractivity contribution in [2.45, 2.75) is 13.0 Å². The molecule has 96 valence electrons. The Hall–Kier alpha value is -1.81. The minimum Gasteiger partial charge on any atom is -0.399 e. The SMILES string of the molecule is CN(CCc1cccc(N)c1)Cc1nccn1C. The molecule has 4 nitrogen and oxygen atoms in total. The van der Waals surface area contributed by atoms with E-state index in [2.05, 4.69) is 27.6 Å². The van der Waals surface area contributed by atoms with Gasteiger partial charge in [0.05, 0.1) is 6.54 Å². The number of aryl methyl sites for hydroxylation is 1. The van der Waals surface area contributed by atoms with Gasteiger partial charge in [0.15, 0.2) is 0 Å². The summed E-state index contributed by atoms with van der Waals surface area (Å²) in [5.41, 5.74) is 7.88. The zero-order valence-electron chi connectivity index (χ0n) is 11.0. The van der Waals surface area contributed by atoms with E-state index in [0.29, 0.717) is 0 Å². The zero-order valence-corrected chi connectivity index (χ0v) is 11.0. The lowest BCUT2D eigenvalue weighted by Gasteiger charge is -2.16. The summed E-state index contributed by atoms with van der Waals surface area (Å²) in [7, 11) is 4.13. The number of hydrogen-bond acceptors (Lipinski definition) is 3. The molecule has 0 aliphatic carbocycles. The van der Waals surface area contributed by atoms with Crippen LogP contribution in [0, 0.1) is 0 Å². The molecule has 2 N–H and O–H groups in total. The molecule has 0 bridgehead atoms. The lowest BCUT2D eigenvalue weighted by atomic mass is 10.1. The third-order valence-electron chi connectivity index (χ3n) is 3.07. The van der Waals surface area contributed by atoms with E-state index in [1.54, 1.807) is 0 Å². The Kier molecular flexibility index (Phi) is 3.99. The summed E-state index contributed by atoms with van der Waals surface area (Å²) in [5.74, 6) is 1.09. The summed E-state index contributed by atoms with van der Waals surface area (Å²) in [6.45, 7) is 1.86. The molecule has 4 heteroatoms. The van der Waals surface area contributed by atoms with Gasteiger partial charge in [0.2, 0.25) is 0 Å². The smallest absolute Gasteiger partial charge is 0.122 e. The second kappa shape index (κ2) is 5.69. The van der Waals surface area contributed by atoms with Crippen molar-refractivity contribution >= 4 is 5.69 Å². The molecule has 0 radical (unpaired) electrons. The average Bonchev–Trinajstić information content (AvgIpc) is 2.73. The first kappa shape index (κ1) is 12.6. The molecule has 0 unspecified atom stereocenters. The summed E-state index contributed by atoms with van der Waals surface area (Å²) in [6, 6.07) is 8.07. The topological polar surface area (TPSA) is 47.1 Å². The molecule has 0 atom stereocenters. The number of imidazole rings is 1. The Morgan fingerprint density at radius 2 is 2.22 bits per heavy atom. The van der Waals surface area contributed by atoms with E-state index < -0.39 is 0 Å². The van der Waals surface area contributed by atoms with E-state index >= 15 is 0 Å². The van der Waals surface area contributed by atoms with Crippen LogP contribution in [0.3, 0.4) is 0 Å². The summed E-state index contributed by atoms with van der Waals surface area (Å²) < 4.78 is 2.05. The normalized spacial score (nSPS) is 11.1. The maximum atomic E-state index is 5.77. The fraction of sp³-hybridized carbons (Fsp3) is 0.357. The highest BCUT2D eigenvalue weighted by Gasteiger charge is 2.04. The standard InChI is InChI=1S/C14H20N4/c1-17(11-14-16-7-9-18(14)2)8-6-12-4-3-5-13(15)10-12/h3-5,7,9-10H,6,8,11,15H2,1-2H3. The molecule has 0 saturated carbocycles. The van der Waals surface area contributed by atoms with Crippen molar-refractivity contribution in [3.63, 3.8) is 0 Å². The van der Waals surface area contributed by atoms with Crippen LogP contribution in [0.1, 0.15) is 11.4 Å². The van der Waals surface area contributed by atoms with Crippen molar-refractivity contribution in [1.82, 2.24) is 14.5 Å². The highest BCUT2D eigenvalue weighted by Crippen LogP contribution is 2.08. The number of likely N-dealkylation sites (N-methyl/N-ethyl adjacent to an activating group) is 1. The van der Waals surface area contributed by atoms with Gasteiger partial charge < -0.3 is 10.3 Å². The van der Waals surface area contributed by atoms with Gasteiger partial charge in [0.25, 0.3) is 0 Å². The molecule has 1 aromatic heterocycles. The van der Waals surface area contributed by atoms with Crippen molar-refractivity contribution < 1.29 is 0 Å². The molecule has 0 aliphatic heterocycles. The third-order valence-corrected chi connectivity index (χ3v) is 3.07. The minimum absolute atomic E-state index is 0.833. The Morgan fingerprint density at radius 1 is 1.39 bits per heavy atom. The zero-order chi connectivity index (χ0) is 13.0. The Balaban J connectivity index is 1.85. The Morgan fingerprint density at radius 3 is 2.89 bits per heavy atom. The molecular weight excluding hydrogens is 224 g/mol. The summed E-state index contributed by atoms with van der Waals surface area (Å²) in [4.78, 5) is 6.60. The van der Waals surface area contributed by atoms with Crippen molar-refractivity contribution in [2.75, 3.05) is 19.3 Å². The van der Waals surface area contributed by atoms with Crippen LogP contribution in [0.4, 0.5) is 5.69 Å². The minimum atomic E-state index is 0.833. The van der Waals surface area contributed by atoms with Crippen LogP contribution in [-0.4, -0.2) is 28.0 Å². The quantitative estimate of drug-likeness (QED) is 0.814. The van der Waals surface area contributed by atoms with Gasteiger partial charge in [-0.3, -0.25) is 4.90 Å². The molecule has 0 spiro atoms. The maximum Gasteiger partial charge on any atom is 0.122 e. The second-order valence-electron chi connectivity index (χ2n) is 4.69. The van der Waals surface area contributed by atoms with Crippen LogP contribution in [-0.2, 0) is 20.0 Å². The van der Waals surface area contributed by atoms with Crippen molar-refractivity contribution in [3.8, 4) is 0 Å². The predicted octanol–water partition coefficient (Wildman–Crippen LogP) is 1.68. The third kappa shape index (κ3) is 3.34. The fourth-order valence-corrected chi connectivity index (χ4v) is 1.94. The van der Waals surface area contributed by atoms with E-state index in [9.17, 15) is 0 Å². The van der Waals surface area contributed by atoms with Crippen LogP contribution < -0.4 is 5.73 Å². The lowest BCUT2D eigenvalue weighted by molar-refractivity contribution is 0.319. The molecule has 2 aromatic rings. The molecule has 0 saturated heterocycles. The summed E-state index contributed by atoms with van der Waals surface area (Å²) in [6.07, 6.45) is 4.81. The molecule has 18 heavy (non-hydrogen) atoms. The van der Waals surface area contributed by atoms with Crippen LogP contribution in [0.2, 0.25) is 0 Å². The monoisotopic (exact) mass is 244 g/mol. The van der Waals surface area contributed by atoms with E-state index in [0.717, 1.165) is 31.0 Å². The van der Waals surface area contributed by atoms with Crippen LogP contribution in [0.15, 0.2) is 36.7 Å². The van der Waals surface area contributed by atoms with E-state index in [4.69, 9.17) is 5.73 Å². The average molecular weight is 244 g/mol. The van der Waals surface area contributed by atoms with Crippen molar-refractivity contribution in [3.05, 3.63) is 48.0 Å². The van der Waals surface area contributed by atoms with E-state index in [1.165, 1.54) is 5.56 Å². The van der Waals surface area contributed by atoms with Crippen LogP contribution >= 0.6 is 0 Å². The van der Waals surface area contributed by atoms with Crippen LogP contribution in [0.5, 0.6) is 0 Å². The summed E-state index contributed by atoms with van der Waals surface area (Å²) in [5, 5.41) is 0. The highest BCUT2D eigenvalue weighted by atomic mass is 15.1. The van der Waals surface area contributed by atoms with E-state index in [-0.39, 0.29) is 0 Å². The van der Waals surface area contributed by atoms with Crippen molar-refractivity contribution in [1.29, 1.82) is 0 Å². The molecular formula is C14H20N4. The Bertz CT molecular complexity index is 504. The number of rotatable bonds is 5. The highest BCUT2D eigenvalue weighted by molar-refractivity contribution is 5.40. The first-order chi connectivity index (χ1) is 8.65. The fourth-order valence-electron chi connectivity index (χ4n) is 1.94. The first-order valence-corrected chi connectivity index (χ1v) is 6.14. The van der Waals surface area contributed by atoms with Gasteiger partial charge in [-0.15, -0.1) is 0 Å². The van der Waals surface area contributed by atoms with Crippen LogP contribution in [0.25, 0.3) is 0 Å². The van der Waals surface area contributed by atoms with Gasteiger partial charge in [-0.1, -0.05) is 12.1 Å². The van der Waals surface area contributed by atoms with Gasteiger partial charge >= 0.3 is 0 Å². The number of nitrogens with two attached hydrogens (primary N) is 1. The molecule has 1 aromatic carbocycles. The Labute approximate surface area is 108 Å². The van der Waals surface area contributed by atoms with Gasteiger partial charge in [-0.25, -0.2) is 4.98 Å². The van der Waals surface area contributed by atoms with Gasteiger partial charge in [0, 0.05) is 31.7 Å².